The average molecular weight is 315 g/mol. The summed E-state index contributed by atoms with van der Waals surface area (Å²) >= 11 is 0. The van der Waals surface area contributed by atoms with E-state index in [4.69, 9.17) is 15.2 Å². The zero-order chi connectivity index (χ0) is 14.9. The fourth-order valence-corrected chi connectivity index (χ4v) is 2.86. The fraction of sp³-hybridized carbons (Fsp3) is 0.167. The number of anilines is 1. The van der Waals surface area contributed by atoms with Gasteiger partial charge in [0.2, 0.25) is 5.76 Å². The summed E-state index contributed by atoms with van der Waals surface area (Å²) in [6, 6.07) is 5.79. The van der Waals surface area contributed by atoms with Gasteiger partial charge in [-0.2, -0.15) is 0 Å². The Morgan fingerprint density at radius 1 is 1.30 bits per heavy atom. The number of aryl methyl sites for hydroxylation is 2. The maximum Gasteiger partial charge on any atom is 0.294 e. The minimum Gasteiger partial charge on any atom is -0.351 e. The highest BCUT2D eigenvalue weighted by Gasteiger charge is 2.15. The summed E-state index contributed by atoms with van der Waals surface area (Å²) in [4.78, 5) is 11.8. The van der Waals surface area contributed by atoms with Gasteiger partial charge in [-0.3, -0.25) is 4.79 Å². The minimum atomic E-state index is -3.80. The molecule has 1 heterocycles. The predicted octanol–water partition coefficient (Wildman–Crippen LogP) is 2.47. The number of hydrogen-bond donors (Lipinski definition) is 1. The van der Waals surface area contributed by atoms with Crippen LogP contribution in [0, 0.1) is 13.8 Å². The van der Waals surface area contributed by atoms with E-state index in [1.807, 2.05) is 0 Å². The average Bonchev–Trinajstić information content (AvgIpc) is 2.74. The lowest BCUT2D eigenvalue weighted by atomic mass is 10.2. The number of rotatable bonds is 3. The van der Waals surface area contributed by atoms with Crippen molar-refractivity contribution in [3.05, 3.63) is 41.3 Å². The van der Waals surface area contributed by atoms with Crippen molar-refractivity contribution in [2.45, 2.75) is 18.7 Å². The molecule has 0 radical (unpaired) electrons. The lowest BCUT2D eigenvalue weighted by molar-refractivity contribution is 0.0988. The lowest BCUT2D eigenvalue weighted by Gasteiger charge is -2.06. The molecular formula is C12H11ClN2O4S. The zero-order valence-corrected chi connectivity index (χ0v) is 12.2. The standard InChI is InChI=1S/C12H11ClN2O4S/c1-7-5-9(3-4-11(7)20(13,17)18)14-12(16)10-6-8(2)15-19-10/h3-6H,1-2H3,(H,14,16). The van der Waals surface area contributed by atoms with Gasteiger partial charge in [0.05, 0.1) is 10.6 Å². The van der Waals surface area contributed by atoms with Crippen LogP contribution in [0.3, 0.4) is 0 Å². The number of hydrogen-bond acceptors (Lipinski definition) is 5. The summed E-state index contributed by atoms with van der Waals surface area (Å²) in [5, 5.41) is 6.19. The van der Waals surface area contributed by atoms with Crippen LogP contribution < -0.4 is 5.32 Å². The monoisotopic (exact) mass is 314 g/mol. The summed E-state index contributed by atoms with van der Waals surface area (Å²) in [7, 11) is 1.49. The van der Waals surface area contributed by atoms with Crippen molar-refractivity contribution in [3.8, 4) is 0 Å². The molecule has 1 aromatic carbocycles. The number of carbonyl (C=O) groups is 1. The highest BCUT2D eigenvalue weighted by molar-refractivity contribution is 8.13. The number of carbonyl (C=O) groups excluding carboxylic acids is 1. The molecule has 0 aliphatic heterocycles. The van der Waals surface area contributed by atoms with E-state index in [1.54, 1.807) is 13.8 Å². The van der Waals surface area contributed by atoms with Gasteiger partial charge in [0.1, 0.15) is 0 Å². The molecule has 106 valence electrons. The normalized spacial score (nSPS) is 11.3. The number of halogens is 1. The lowest BCUT2D eigenvalue weighted by Crippen LogP contribution is -2.11. The molecule has 0 spiro atoms. The molecule has 2 rings (SSSR count). The van der Waals surface area contributed by atoms with Gasteiger partial charge in [0, 0.05) is 22.4 Å². The van der Waals surface area contributed by atoms with Crippen molar-refractivity contribution in [2.24, 2.45) is 0 Å². The third kappa shape index (κ3) is 3.17. The second-order valence-electron chi connectivity index (χ2n) is 4.20. The van der Waals surface area contributed by atoms with Gasteiger partial charge in [-0.25, -0.2) is 8.42 Å². The molecule has 0 unspecified atom stereocenters. The molecule has 1 N–H and O–H groups in total. The van der Waals surface area contributed by atoms with E-state index in [0.29, 0.717) is 16.9 Å². The molecule has 0 saturated heterocycles. The molecule has 0 atom stereocenters. The van der Waals surface area contributed by atoms with Crippen molar-refractivity contribution in [1.82, 2.24) is 5.16 Å². The summed E-state index contributed by atoms with van der Waals surface area (Å²) in [5.41, 5.74) is 1.46. The van der Waals surface area contributed by atoms with Crippen molar-refractivity contribution in [1.29, 1.82) is 0 Å². The second-order valence-corrected chi connectivity index (χ2v) is 6.74. The van der Waals surface area contributed by atoms with Crippen LogP contribution in [0.25, 0.3) is 0 Å². The number of nitrogens with one attached hydrogen (secondary N) is 1. The molecule has 0 bridgehead atoms. The molecule has 2 aromatic rings. The summed E-state index contributed by atoms with van der Waals surface area (Å²) in [6.45, 7) is 3.29. The largest absolute Gasteiger partial charge is 0.351 e. The van der Waals surface area contributed by atoms with Gasteiger partial charge in [-0.1, -0.05) is 5.16 Å². The number of aromatic nitrogens is 1. The Morgan fingerprint density at radius 3 is 2.50 bits per heavy atom. The summed E-state index contributed by atoms with van der Waals surface area (Å²) in [6.07, 6.45) is 0. The Bertz CT molecular complexity index is 768. The van der Waals surface area contributed by atoms with Gasteiger partial charge in [-0.05, 0) is 37.6 Å². The third-order valence-electron chi connectivity index (χ3n) is 2.55. The smallest absolute Gasteiger partial charge is 0.294 e. The van der Waals surface area contributed by atoms with Crippen molar-refractivity contribution >= 4 is 31.3 Å². The van der Waals surface area contributed by atoms with Crippen molar-refractivity contribution in [2.75, 3.05) is 5.32 Å². The van der Waals surface area contributed by atoms with E-state index in [9.17, 15) is 13.2 Å². The van der Waals surface area contributed by atoms with E-state index in [2.05, 4.69) is 10.5 Å². The van der Waals surface area contributed by atoms with Crippen LogP contribution in [0.4, 0.5) is 5.69 Å². The van der Waals surface area contributed by atoms with E-state index in [1.165, 1.54) is 24.3 Å². The van der Waals surface area contributed by atoms with Crippen LogP contribution in [0.1, 0.15) is 21.8 Å². The van der Waals surface area contributed by atoms with Crippen LogP contribution in [-0.2, 0) is 9.05 Å². The number of amides is 1. The molecule has 8 heteroatoms. The van der Waals surface area contributed by atoms with Crippen molar-refractivity contribution < 1.29 is 17.7 Å². The molecule has 0 fully saturated rings. The first kappa shape index (κ1) is 14.5. The van der Waals surface area contributed by atoms with Crippen LogP contribution in [0.2, 0.25) is 0 Å². The molecule has 0 saturated carbocycles. The molecule has 20 heavy (non-hydrogen) atoms. The molecule has 0 aliphatic rings. The van der Waals surface area contributed by atoms with Gasteiger partial charge in [-0.15, -0.1) is 0 Å². The third-order valence-corrected chi connectivity index (χ3v) is 4.03. The van der Waals surface area contributed by atoms with E-state index < -0.39 is 15.0 Å². The second kappa shape index (κ2) is 5.26. The van der Waals surface area contributed by atoms with E-state index in [-0.39, 0.29) is 10.7 Å². The van der Waals surface area contributed by atoms with Gasteiger partial charge < -0.3 is 9.84 Å². The maximum atomic E-state index is 11.8. The Kier molecular flexibility index (Phi) is 3.82. The van der Waals surface area contributed by atoms with Crippen molar-refractivity contribution in [3.63, 3.8) is 0 Å². The SMILES string of the molecule is Cc1cc(C(=O)Nc2ccc(S(=O)(=O)Cl)c(C)c2)on1. The Morgan fingerprint density at radius 2 is 2.00 bits per heavy atom. The number of benzene rings is 1. The van der Waals surface area contributed by atoms with Gasteiger partial charge >= 0.3 is 0 Å². The summed E-state index contributed by atoms with van der Waals surface area (Å²) < 4.78 is 27.4. The van der Waals surface area contributed by atoms with Gasteiger partial charge in [0.25, 0.3) is 15.0 Å². The van der Waals surface area contributed by atoms with E-state index >= 15 is 0 Å². The highest BCUT2D eigenvalue weighted by atomic mass is 35.7. The molecular weight excluding hydrogens is 304 g/mol. The molecule has 0 aliphatic carbocycles. The van der Waals surface area contributed by atoms with Crippen LogP contribution in [0.5, 0.6) is 0 Å². The van der Waals surface area contributed by atoms with E-state index in [0.717, 1.165) is 0 Å². The first-order valence-electron chi connectivity index (χ1n) is 5.57. The Labute approximate surface area is 120 Å². The van der Waals surface area contributed by atoms with Crippen LogP contribution >= 0.6 is 10.7 Å². The quantitative estimate of drug-likeness (QED) is 0.879. The van der Waals surface area contributed by atoms with Crippen LogP contribution in [0.15, 0.2) is 33.7 Å². The Balaban J connectivity index is 2.23. The Hall–Kier alpha value is -1.86. The van der Waals surface area contributed by atoms with Gasteiger partial charge in [0.15, 0.2) is 0 Å². The minimum absolute atomic E-state index is 0.00711. The number of nitrogens with zero attached hydrogens (tertiary/aromatic N) is 1. The maximum absolute atomic E-state index is 11.8. The summed E-state index contributed by atoms with van der Waals surface area (Å²) in [5.74, 6) is -0.388. The molecule has 1 aromatic heterocycles. The zero-order valence-electron chi connectivity index (χ0n) is 10.7. The predicted molar refractivity (Wildman–Crippen MR) is 73.4 cm³/mol. The first-order chi connectivity index (χ1) is 9.27. The highest BCUT2D eigenvalue weighted by Crippen LogP contribution is 2.23. The molecule has 6 nitrogen and oxygen atoms in total. The fourth-order valence-electron chi connectivity index (χ4n) is 1.66. The topological polar surface area (TPSA) is 89.3 Å². The molecule has 1 amide bonds. The van der Waals surface area contributed by atoms with Crippen LogP contribution in [-0.4, -0.2) is 19.5 Å². The first-order valence-corrected chi connectivity index (χ1v) is 7.88.